The molecular weight excluding hydrogens is 550 g/mol. The Hall–Kier alpha value is -6.06. The van der Waals surface area contributed by atoms with E-state index in [1.54, 1.807) is 0 Å². The van der Waals surface area contributed by atoms with Gasteiger partial charge in [-0.3, -0.25) is 0 Å². The van der Waals surface area contributed by atoms with Gasteiger partial charge < -0.3 is 13.4 Å². The summed E-state index contributed by atoms with van der Waals surface area (Å²) in [6, 6.07) is 53.6. The van der Waals surface area contributed by atoms with E-state index in [4.69, 9.17) is 8.83 Å². The highest BCUT2D eigenvalue weighted by Crippen LogP contribution is 2.45. The molecule has 0 aliphatic heterocycles. The number of benzene rings is 7. The van der Waals surface area contributed by atoms with Crippen molar-refractivity contribution in [2.24, 2.45) is 0 Å². The number of nitrogens with zero attached hydrogens (tertiary/aromatic N) is 1. The predicted molar refractivity (Wildman–Crippen MR) is 186 cm³/mol. The maximum absolute atomic E-state index is 6.82. The van der Waals surface area contributed by atoms with Gasteiger partial charge in [0.15, 0.2) is 0 Å². The standard InChI is InChI=1S/C42H25NO2/c1-3-12-26(13-4-1)28-18-11-19-29(27-14-5-2-6-15-27)41(28)43-35-20-9-7-17-32(35)40-36(43)23-22-31-34-25-38-33(24-39(34)45-42(31)40)30-16-8-10-21-37(30)44-38/h1-25H. The summed E-state index contributed by atoms with van der Waals surface area (Å²) in [5, 5.41) is 6.59. The number of fused-ring (bicyclic) bond motifs is 10. The molecule has 0 radical (unpaired) electrons. The summed E-state index contributed by atoms with van der Waals surface area (Å²) in [6.45, 7) is 0. The van der Waals surface area contributed by atoms with Crippen molar-refractivity contribution >= 4 is 65.7 Å². The first kappa shape index (κ1) is 24.4. The Morgan fingerprint density at radius 3 is 1.71 bits per heavy atom. The van der Waals surface area contributed by atoms with Crippen LogP contribution in [0.1, 0.15) is 0 Å². The molecule has 0 N–H and O–H groups in total. The summed E-state index contributed by atoms with van der Waals surface area (Å²) in [5.41, 5.74) is 11.6. The molecule has 0 saturated carbocycles. The molecule has 0 amide bonds. The van der Waals surface area contributed by atoms with Gasteiger partial charge >= 0.3 is 0 Å². The van der Waals surface area contributed by atoms with Crippen molar-refractivity contribution in [2.75, 3.05) is 0 Å². The van der Waals surface area contributed by atoms with Crippen molar-refractivity contribution in [3.63, 3.8) is 0 Å². The number of aromatic nitrogens is 1. The van der Waals surface area contributed by atoms with Gasteiger partial charge in [0.05, 0.1) is 22.1 Å². The quantitative estimate of drug-likeness (QED) is 0.210. The van der Waals surface area contributed by atoms with Crippen LogP contribution >= 0.6 is 0 Å². The van der Waals surface area contributed by atoms with E-state index in [0.717, 1.165) is 71.4 Å². The first-order valence-electron chi connectivity index (χ1n) is 15.3. The average molecular weight is 576 g/mol. The summed E-state index contributed by atoms with van der Waals surface area (Å²) in [4.78, 5) is 0. The van der Waals surface area contributed by atoms with E-state index in [1.807, 2.05) is 12.1 Å². The maximum Gasteiger partial charge on any atom is 0.145 e. The van der Waals surface area contributed by atoms with Crippen molar-refractivity contribution in [1.29, 1.82) is 0 Å². The minimum Gasteiger partial charge on any atom is -0.456 e. The smallest absolute Gasteiger partial charge is 0.145 e. The molecule has 0 aliphatic rings. The lowest BCUT2D eigenvalue weighted by Crippen LogP contribution is -2.00. The number of hydrogen-bond donors (Lipinski definition) is 0. The summed E-state index contributed by atoms with van der Waals surface area (Å²) in [6.07, 6.45) is 0. The molecule has 0 fully saturated rings. The third kappa shape index (κ3) is 3.46. The van der Waals surface area contributed by atoms with E-state index in [9.17, 15) is 0 Å². The second kappa shape index (κ2) is 9.22. The topological polar surface area (TPSA) is 31.2 Å². The van der Waals surface area contributed by atoms with Crippen LogP contribution in [0.3, 0.4) is 0 Å². The first-order valence-corrected chi connectivity index (χ1v) is 15.3. The molecule has 10 aromatic rings. The van der Waals surface area contributed by atoms with Crippen LogP contribution in [-0.2, 0) is 0 Å². The normalized spacial score (nSPS) is 12.0. The van der Waals surface area contributed by atoms with Crippen LogP contribution in [0.25, 0.3) is 93.6 Å². The average Bonchev–Trinajstić information content (AvgIpc) is 3.76. The van der Waals surface area contributed by atoms with Crippen LogP contribution in [0, 0.1) is 0 Å². The molecule has 0 aliphatic carbocycles. The minimum atomic E-state index is 0.864. The van der Waals surface area contributed by atoms with Gasteiger partial charge in [-0.15, -0.1) is 0 Å². The Labute approximate surface area is 258 Å². The molecule has 3 heterocycles. The lowest BCUT2D eigenvalue weighted by molar-refractivity contribution is 0.665. The summed E-state index contributed by atoms with van der Waals surface area (Å²) in [7, 11) is 0. The second-order valence-corrected chi connectivity index (χ2v) is 11.7. The zero-order valence-electron chi connectivity index (χ0n) is 24.2. The van der Waals surface area contributed by atoms with Crippen molar-refractivity contribution in [2.45, 2.75) is 0 Å². The molecule has 0 spiro atoms. The fraction of sp³-hybridized carbons (Fsp3) is 0. The van der Waals surface area contributed by atoms with Crippen molar-refractivity contribution < 1.29 is 8.83 Å². The van der Waals surface area contributed by atoms with Crippen LogP contribution < -0.4 is 0 Å². The summed E-state index contributed by atoms with van der Waals surface area (Å²) >= 11 is 0. The molecule has 210 valence electrons. The number of para-hydroxylation sites is 3. The van der Waals surface area contributed by atoms with Gasteiger partial charge in [0.25, 0.3) is 0 Å². The van der Waals surface area contributed by atoms with E-state index >= 15 is 0 Å². The largest absolute Gasteiger partial charge is 0.456 e. The second-order valence-electron chi connectivity index (χ2n) is 11.7. The lowest BCUT2D eigenvalue weighted by atomic mass is 9.95. The monoisotopic (exact) mass is 575 g/mol. The minimum absolute atomic E-state index is 0.864. The van der Waals surface area contributed by atoms with Crippen LogP contribution in [0.15, 0.2) is 160 Å². The fourth-order valence-corrected chi connectivity index (χ4v) is 7.23. The molecule has 0 unspecified atom stereocenters. The van der Waals surface area contributed by atoms with E-state index in [2.05, 4.69) is 144 Å². The Balaban J connectivity index is 1.34. The van der Waals surface area contributed by atoms with Gasteiger partial charge in [0.1, 0.15) is 22.3 Å². The van der Waals surface area contributed by atoms with Gasteiger partial charge in [-0.1, -0.05) is 115 Å². The molecular formula is C42H25NO2. The molecule has 3 aromatic heterocycles. The third-order valence-electron chi connectivity index (χ3n) is 9.20. The molecule has 3 nitrogen and oxygen atoms in total. The highest BCUT2D eigenvalue weighted by atomic mass is 16.3. The predicted octanol–water partition coefficient (Wildman–Crippen LogP) is 11.9. The fourth-order valence-electron chi connectivity index (χ4n) is 7.23. The SMILES string of the molecule is c1ccc(-c2cccc(-c3ccccc3)c2-n2c3ccccc3c3c4oc5cc6c(cc5c4ccc32)oc2ccccc26)cc1. The van der Waals surface area contributed by atoms with Crippen molar-refractivity contribution in [3.05, 3.63) is 152 Å². The Morgan fingerprint density at radius 2 is 0.978 bits per heavy atom. The van der Waals surface area contributed by atoms with Gasteiger partial charge in [-0.05, 0) is 47.5 Å². The van der Waals surface area contributed by atoms with Gasteiger partial charge in [-0.2, -0.15) is 0 Å². The highest BCUT2D eigenvalue weighted by Gasteiger charge is 2.23. The van der Waals surface area contributed by atoms with Crippen molar-refractivity contribution in [3.8, 4) is 27.9 Å². The maximum atomic E-state index is 6.82. The Bertz CT molecular complexity index is 2690. The number of furan rings is 2. The number of rotatable bonds is 3. The first-order chi connectivity index (χ1) is 22.3. The Morgan fingerprint density at radius 1 is 0.378 bits per heavy atom. The van der Waals surface area contributed by atoms with E-state index in [0.29, 0.717) is 0 Å². The van der Waals surface area contributed by atoms with E-state index in [-0.39, 0.29) is 0 Å². The highest BCUT2D eigenvalue weighted by molar-refractivity contribution is 6.25. The summed E-state index contributed by atoms with van der Waals surface area (Å²) < 4.78 is 15.5. The molecule has 7 aromatic carbocycles. The zero-order valence-corrected chi connectivity index (χ0v) is 24.2. The van der Waals surface area contributed by atoms with Crippen LogP contribution in [0.2, 0.25) is 0 Å². The van der Waals surface area contributed by atoms with Crippen LogP contribution in [0.4, 0.5) is 0 Å². The summed E-state index contributed by atoms with van der Waals surface area (Å²) in [5.74, 6) is 0. The molecule has 0 atom stereocenters. The van der Waals surface area contributed by atoms with E-state index in [1.165, 1.54) is 22.3 Å². The molecule has 10 rings (SSSR count). The lowest BCUT2D eigenvalue weighted by Gasteiger charge is -2.19. The van der Waals surface area contributed by atoms with Crippen LogP contribution in [-0.4, -0.2) is 4.57 Å². The third-order valence-corrected chi connectivity index (χ3v) is 9.20. The van der Waals surface area contributed by atoms with Crippen LogP contribution in [0.5, 0.6) is 0 Å². The molecule has 45 heavy (non-hydrogen) atoms. The molecule has 3 heteroatoms. The Kier molecular flexibility index (Phi) is 5.00. The van der Waals surface area contributed by atoms with Gasteiger partial charge in [0, 0.05) is 38.1 Å². The number of hydrogen-bond acceptors (Lipinski definition) is 2. The van der Waals surface area contributed by atoms with E-state index < -0.39 is 0 Å². The van der Waals surface area contributed by atoms with Crippen molar-refractivity contribution in [1.82, 2.24) is 4.57 Å². The van der Waals surface area contributed by atoms with Gasteiger partial charge in [-0.25, -0.2) is 0 Å². The van der Waals surface area contributed by atoms with Gasteiger partial charge in [0.2, 0.25) is 0 Å². The molecule has 0 bridgehead atoms. The zero-order chi connectivity index (χ0) is 29.5. The molecule has 0 saturated heterocycles.